The van der Waals surface area contributed by atoms with E-state index in [0.717, 1.165) is 11.1 Å². The van der Waals surface area contributed by atoms with Crippen LogP contribution in [-0.4, -0.2) is 23.7 Å². The maximum absolute atomic E-state index is 6.02. The van der Waals surface area contributed by atoms with Gasteiger partial charge in [0.05, 0.1) is 32.0 Å². The van der Waals surface area contributed by atoms with Gasteiger partial charge in [-0.2, -0.15) is 0 Å². The second-order valence-corrected chi connectivity index (χ2v) is 5.07. The van der Waals surface area contributed by atoms with Crippen molar-refractivity contribution in [1.82, 2.24) is 9.97 Å². The van der Waals surface area contributed by atoms with Gasteiger partial charge >= 0.3 is 0 Å². The summed E-state index contributed by atoms with van der Waals surface area (Å²) in [5.74, 6) is 2.65. The number of halogens is 1. The minimum atomic E-state index is 0.158. The zero-order valence-electron chi connectivity index (χ0n) is 12.8. The average molecular weight is 334 g/mol. The van der Waals surface area contributed by atoms with Crippen LogP contribution < -0.4 is 14.8 Å². The first kappa shape index (κ1) is 15.4. The van der Waals surface area contributed by atoms with Crippen LogP contribution in [0.15, 0.2) is 34.9 Å². The molecule has 0 amide bonds. The Morgan fingerprint density at radius 1 is 1.26 bits per heavy atom. The zero-order chi connectivity index (χ0) is 16.2. The number of methoxy groups -OCH3 is 1. The van der Waals surface area contributed by atoms with Crippen molar-refractivity contribution in [3.8, 4) is 11.5 Å². The summed E-state index contributed by atoms with van der Waals surface area (Å²) in [6, 6.07) is 7.34. The molecule has 23 heavy (non-hydrogen) atoms. The second kappa shape index (κ2) is 6.75. The van der Waals surface area contributed by atoms with Crippen LogP contribution in [-0.2, 0) is 6.54 Å². The molecule has 0 saturated heterocycles. The molecule has 120 valence electrons. The molecule has 0 spiro atoms. The van der Waals surface area contributed by atoms with Crippen molar-refractivity contribution in [2.75, 3.05) is 19.0 Å². The van der Waals surface area contributed by atoms with Gasteiger partial charge in [-0.25, -0.2) is 9.97 Å². The smallest absolute Gasteiger partial charge is 0.224 e. The Balaban J connectivity index is 2.03. The number of fused-ring (bicyclic) bond motifs is 1. The highest BCUT2D eigenvalue weighted by Gasteiger charge is 2.13. The van der Waals surface area contributed by atoms with Crippen LogP contribution in [0.2, 0.25) is 5.28 Å². The molecule has 2 aromatic heterocycles. The summed E-state index contributed by atoms with van der Waals surface area (Å²) < 4.78 is 16.3. The van der Waals surface area contributed by atoms with Gasteiger partial charge in [-0.3, -0.25) is 0 Å². The molecule has 1 aromatic carbocycles. The maximum atomic E-state index is 6.02. The van der Waals surface area contributed by atoms with E-state index >= 15 is 0 Å². The van der Waals surface area contributed by atoms with Crippen molar-refractivity contribution in [2.45, 2.75) is 13.5 Å². The molecule has 0 bridgehead atoms. The Morgan fingerprint density at radius 3 is 2.83 bits per heavy atom. The molecule has 3 aromatic rings. The van der Waals surface area contributed by atoms with E-state index in [0.29, 0.717) is 36.0 Å². The fourth-order valence-electron chi connectivity index (χ4n) is 2.25. The lowest BCUT2D eigenvalue weighted by molar-refractivity contribution is 0.311. The Morgan fingerprint density at radius 2 is 2.13 bits per heavy atom. The molecule has 0 saturated carbocycles. The zero-order valence-corrected chi connectivity index (χ0v) is 13.6. The molecule has 3 rings (SSSR count). The highest BCUT2D eigenvalue weighted by atomic mass is 35.5. The number of anilines is 1. The van der Waals surface area contributed by atoms with E-state index < -0.39 is 0 Å². The van der Waals surface area contributed by atoms with E-state index in [1.54, 1.807) is 19.4 Å². The molecular weight excluding hydrogens is 318 g/mol. The van der Waals surface area contributed by atoms with Gasteiger partial charge in [0.25, 0.3) is 0 Å². The Hall–Kier alpha value is -2.47. The molecule has 0 atom stereocenters. The van der Waals surface area contributed by atoms with Crippen molar-refractivity contribution in [2.24, 2.45) is 0 Å². The van der Waals surface area contributed by atoms with E-state index in [-0.39, 0.29) is 5.28 Å². The molecule has 0 aliphatic carbocycles. The summed E-state index contributed by atoms with van der Waals surface area (Å²) in [6.45, 7) is 2.94. The van der Waals surface area contributed by atoms with E-state index in [2.05, 4.69) is 15.3 Å². The van der Waals surface area contributed by atoms with Crippen LogP contribution in [0.1, 0.15) is 12.7 Å². The summed E-state index contributed by atoms with van der Waals surface area (Å²) >= 11 is 6.02. The van der Waals surface area contributed by atoms with Gasteiger partial charge in [0, 0.05) is 11.5 Å². The third kappa shape index (κ3) is 3.32. The van der Waals surface area contributed by atoms with Crippen LogP contribution in [0.5, 0.6) is 11.5 Å². The normalized spacial score (nSPS) is 10.7. The highest BCUT2D eigenvalue weighted by molar-refractivity contribution is 6.28. The average Bonchev–Trinajstić information content (AvgIpc) is 3.06. The quantitative estimate of drug-likeness (QED) is 0.690. The molecule has 0 aliphatic rings. The van der Waals surface area contributed by atoms with Gasteiger partial charge in [-0.15, -0.1) is 0 Å². The fourth-order valence-corrected chi connectivity index (χ4v) is 2.43. The van der Waals surface area contributed by atoms with E-state index in [9.17, 15) is 0 Å². The lowest BCUT2D eigenvalue weighted by Crippen LogP contribution is -2.03. The summed E-state index contributed by atoms with van der Waals surface area (Å²) in [5.41, 5.74) is 0.673. The summed E-state index contributed by atoms with van der Waals surface area (Å²) in [7, 11) is 1.59. The largest absolute Gasteiger partial charge is 0.493 e. The Kier molecular flexibility index (Phi) is 4.52. The molecule has 0 fully saturated rings. The molecule has 0 aliphatic heterocycles. The summed E-state index contributed by atoms with van der Waals surface area (Å²) in [5, 5.41) is 4.17. The third-order valence-electron chi connectivity index (χ3n) is 3.26. The SMILES string of the molecule is CCOc1cc2c(NCc3ccco3)nc(Cl)nc2cc1OC. The standard InChI is InChI=1S/C16H16ClN3O3/c1-3-22-14-7-11-12(8-13(14)21-2)19-16(17)20-15(11)18-9-10-5-4-6-23-10/h4-8H,3,9H2,1-2H3,(H,18,19,20). The van der Waals surface area contributed by atoms with Crippen molar-refractivity contribution in [1.29, 1.82) is 0 Å². The molecule has 2 heterocycles. The van der Waals surface area contributed by atoms with E-state index in [1.807, 2.05) is 25.1 Å². The van der Waals surface area contributed by atoms with Crippen LogP contribution in [0.3, 0.4) is 0 Å². The van der Waals surface area contributed by atoms with Crippen molar-refractivity contribution >= 4 is 28.3 Å². The molecule has 6 nitrogen and oxygen atoms in total. The number of hydrogen-bond donors (Lipinski definition) is 1. The predicted molar refractivity (Wildman–Crippen MR) is 88.3 cm³/mol. The lowest BCUT2D eigenvalue weighted by atomic mass is 10.2. The maximum Gasteiger partial charge on any atom is 0.224 e. The Labute approximate surface area is 138 Å². The highest BCUT2D eigenvalue weighted by Crippen LogP contribution is 2.34. The lowest BCUT2D eigenvalue weighted by Gasteiger charge is -2.13. The van der Waals surface area contributed by atoms with Gasteiger partial charge in [-0.05, 0) is 36.7 Å². The van der Waals surface area contributed by atoms with Crippen LogP contribution in [0.25, 0.3) is 10.9 Å². The van der Waals surface area contributed by atoms with Crippen LogP contribution >= 0.6 is 11.6 Å². The number of rotatable bonds is 6. The number of furan rings is 1. The van der Waals surface area contributed by atoms with E-state index in [4.69, 9.17) is 25.5 Å². The molecule has 0 radical (unpaired) electrons. The molecular formula is C16H16ClN3O3. The molecule has 1 N–H and O–H groups in total. The van der Waals surface area contributed by atoms with Crippen molar-refractivity contribution in [3.63, 3.8) is 0 Å². The van der Waals surface area contributed by atoms with Crippen LogP contribution in [0.4, 0.5) is 5.82 Å². The third-order valence-corrected chi connectivity index (χ3v) is 3.43. The topological polar surface area (TPSA) is 69.4 Å². The Bertz CT molecular complexity index is 806. The summed E-state index contributed by atoms with van der Waals surface area (Å²) in [6.07, 6.45) is 1.63. The van der Waals surface area contributed by atoms with Crippen LogP contribution in [0, 0.1) is 0 Å². The van der Waals surface area contributed by atoms with Crippen molar-refractivity contribution in [3.05, 3.63) is 41.6 Å². The van der Waals surface area contributed by atoms with Gasteiger partial charge in [0.15, 0.2) is 11.5 Å². The minimum absolute atomic E-state index is 0.158. The first-order valence-corrected chi connectivity index (χ1v) is 7.53. The minimum Gasteiger partial charge on any atom is -0.493 e. The number of benzene rings is 1. The number of ether oxygens (including phenoxy) is 2. The fraction of sp³-hybridized carbons (Fsp3) is 0.250. The van der Waals surface area contributed by atoms with Gasteiger partial charge < -0.3 is 19.2 Å². The van der Waals surface area contributed by atoms with Gasteiger partial charge in [0.1, 0.15) is 11.6 Å². The van der Waals surface area contributed by atoms with Gasteiger partial charge in [0.2, 0.25) is 5.28 Å². The predicted octanol–water partition coefficient (Wildman–Crippen LogP) is 3.90. The van der Waals surface area contributed by atoms with E-state index in [1.165, 1.54) is 0 Å². The van der Waals surface area contributed by atoms with Gasteiger partial charge in [-0.1, -0.05) is 0 Å². The number of nitrogens with zero attached hydrogens (tertiary/aromatic N) is 2. The molecule has 7 heteroatoms. The van der Waals surface area contributed by atoms with Crippen molar-refractivity contribution < 1.29 is 13.9 Å². The first-order chi connectivity index (χ1) is 11.2. The number of aromatic nitrogens is 2. The summed E-state index contributed by atoms with van der Waals surface area (Å²) in [4.78, 5) is 8.51. The second-order valence-electron chi connectivity index (χ2n) is 4.73. The monoisotopic (exact) mass is 333 g/mol. The number of nitrogens with one attached hydrogen (secondary N) is 1. The molecule has 0 unspecified atom stereocenters. The number of hydrogen-bond acceptors (Lipinski definition) is 6. The first-order valence-electron chi connectivity index (χ1n) is 7.15.